The SMILES string of the molecule is CCNC(=O)C(C)NCc1ccc2[nH]ccc2c1. The fraction of sp³-hybridized carbons (Fsp3) is 0.357. The van der Waals surface area contributed by atoms with E-state index in [0.717, 1.165) is 5.52 Å². The number of amides is 1. The van der Waals surface area contributed by atoms with E-state index in [1.165, 1.54) is 10.9 Å². The molecule has 1 unspecified atom stereocenters. The van der Waals surface area contributed by atoms with E-state index in [-0.39, 0.29) is 11.9 Å². The van der Waals surface area contributed by atoms with Crippen molar-refractivity contribution in [2.24, 2.45) is 0 Å². The molecule has 1 heterocycles. The van der Waals surface area contributed by atoms with Gasteiger partial charge in [-0.2, -0.15) is 0 Å². The van der Waals surface area contributed by atoms with Gasteiger partial charge in [0.1, 0.15) is 0 Å². The summed E-state index contributed by atoms with van der Waals surface area (Å²) >= 11 is 0. The van der Waals surface area contributed by atoms with Gasteiger partial charge in [0.2, 0.25) is 5.91 Å². The molecule has 0 fully saturated rings. The Morgan fingerprint density at radius 1 is 1.39 bits per heavy atom. The highest BCUT2D eigenvalue weighted by atomic mass is 16.2. The van der Waals surface area contributed by atoms with Crippen LogP contribution in [0.15, 0.2) is 30.5 Å². The third-order valence-electron chi connectivity index (χ3n) is 2.97. The molecule has 2 rings (SSSR count). The normalized spacial score (nSPS) is 12.6. The van der Waals surface area contributed by atoms with E-state index in [2.05, 4.69) is 33.8 Å². The molecule has 0 aliphatic rings. The molecule has 0 spiro atoms. The van der Waals surface area contributed by atoms with Crippen LogP contribution in [-0.2, 0) is 11.3 Å². The highest BCUT2D eigenvalue weighted by Crippen LogP contribution is 2.14. The first-order valence-corrected chi connectivity index (χ1v) is 6.28. The molecule has 0 saturated carbocycles. The van der Waals surface area contributed by atoms with E-state index in [9.17, 15) is 4.79 Å². The summed E-state index contributed by atoms with van der Waals surface area (Å²) in [7, 11) is 0. The molecule has 1 atom stereocenters. The minimum Gasteiger partial charge on any atom is -0.361 e. The van der Waals surface area contributed by atoms with E-state index in [1.54, 1.807) is 0 Å². The molecule has 1 aromatic carbocycles. The van der Waals surface area contributed by atoms with Crippen LogP contribution >= 0.6 is 0 Å². The van der Waals surface area contributed by atoms with Crippen LogP contribution in [0.2, 0.25) is 0 Å². The van der Waals surface area contributed by atoms with Crippen molar-refractivity contribution in [3.8, 4) is 0 Å². The molecule has 0 aliphatic carbocycles. The Balaban J connectivity index is 1.95. The van der Waals surface area contributed by atoms with Crippen molar-refractivity contribution in [1.29, 1.82) is 0 Å². The topological polar surface area (TPSA) is 56.9 Å². The second-order valence-corrected chi connectivity index (χ2v) is 4.40. The summed E-state index contributed by atoms with van der Waals surface area (Å²) in [6.45, 7) is 5.16. The molecule has 0 saturated heterocycles. The Morgan fingerprint density at radius 3 is 3.00 bits per heavy atom. The summed E-state index contributed by atoms with van der Waals surface area (Å²) in [5.41, 5.74) is 2.31. The lowest BCUT2D eigenvalue weighted by molar-refractivity contribution is -0.122. The molecule has 18 heavy (non-hydrogen) atoms. The lowest BCUT2D eigenvalue weighted by Crippen LogP contribution is -2.41. The zero-order chi connectivity index (χ0) is 13.0. The molecule has 3 N–H and O–H groups in total. The molecule has 4 nitrogen and oxygen atoms in total. The van der Waals surface area contributed by atoms with Crippen LogP contribution in [0.4, 0.5) is 0 Å². The summed E-state index contributed by atoms with van der Waals surface area (Å²) in [6.07, 6.45) is 1.93. The maximum atomic E-state index is 11.6. The highest BCUT2D eigenvalue weighted by molar-refractivity contribution is 5.81. The second kappa shape index (κ2) is 5.69. The standard InChI is InChI=1S/C14H19N3O/c1-3-15-14(18)10(2)17-9-11-4-5-13-12(8-11)6-7-16-13/h4-8,10,16-17H,3,9H2,1-2H3,(H,15,18). The molecule has 4 heteroatoms. The first kappa shape index (κ1) is 12.6. The van der Waals surface area contributed by atoms with Crippen molar-refractivity contribution in [2.75, 3.05) is 6.54 Å². The zero-order valence-corrected chi connectivity index (χ0v) is 10.8. The Morgan fingerprint density at radius 2 is 2.22 bits per heavy atom. The quantitative estimate of drug-likeness (QED) is 0.752. The van der Waals surface area contributed by atoms with Gasteiger partial charge in [0.15, 0.2) is 0 Å². The molecule has 1 amide bonds. The summed E-state index contributed by atoms with van der Waals surface area (Å²) in [6, 6.07) is 8.13. The van der Waals surface area contributed by atoms with Crippen LogP contribution < -0.4 is 10.6 Å². The van der Waals surface area contributed by atoms with Crippen LogP contribution in [-0.4, -0.2) is 23.5 Å². The van der Waals surface area contributed by atoms with Crippen LogP contribution in [0.3, 0.4) is 0 Å². The van der Waals surface area contributed by atoms with E-state index in [4.69, 9.17) is 0 Å². The van der Waals surface area contributed by atoms with Crippen molar-refractivity contribution < 1.29 is 4.79 Å². The maximum absolute atomic E-state index is 11.6. The van der Waals surface area contributed by atoms with E-state index < -0.39 is 0 Å². The number of benzene rings is 1. The zero-order valence-electron chi connectivity index (χ0n) is 10.8. The van der Waals surface area contributed by atoms with Crippen molar-refractivity contribution in [1.82, 2.24) is 15.6 Å². The van der Waals surface area contributed by atoms with Gasteiger partial charge in [-0.1, -0.05) is 6.07 Å². The van der Waals surface area contributed by atoms with Gasteiger partial charge in [-0.3, -0.25) is 4.79 Å². The van der Waals surface area contributed by atoms with Gasteiger partial charge in [-0.25, -0.2) is 0 Å². The number of aromatic nitrogens is 1. The maximum Gasteiger partial charge on any atom is 0.236 e. The van der Waals surface area contributed by atoms with Gasteiger partial charge in [-0.15, -0.1) is 0 Å². The summed E-state index contributed by atoms with van der Waals surface area (Å²) in [4.78, 5) is 14.7. The largest absolute Gasteiger partial charge is 0.361 e. The summed E-state index contributed by atoms with van der Waals surface area (Å²) < 4.78 is 0. The molecule has 1 aromatic heterocycles. The number of fused-ring (bicyclic) bond motifs is 1. The summed E-state index contributed by atoms with van der Waals surface area (Å²) in [5, 5.41) is 7.21. The van der Waals surface area contributed by atoms with Crippen LogP contribution in [0.5, 0.6) is 0 Å². The van der Waals surface area contributed by atoms with Crippen molar-refractivity contribution in [3.05, 3.63) is 36.0 Å². The van der Waals surface area contributed by atoms with Gasteiger partial charge >= 0.3 is 0 Å². The van der Waals surface area contributed by atoms with Crippen LogP contribution in [0.25, 0.3) is 10.9 Å². The van der Waals surface area contributed by atoms with Gasteiger partial charge < -0.3 is 15.6 Å². The number of carbonyl (C=O) groups is 1. The van der Waals surface area contributed by atoms with E-state index in [1.807, 2.05) is 26.1 Å². The van der Waals surface area contributed by atoms with Crippen LogP contribution in [0.1, 0.15) is 19.4 Å². The fourth-order valence-electron chi connectivity index (χ4n) is 1.90. The predicted octanol–water partition coefficient (Wildman–Crippen LogP) is 1.78. The Labute approximate surface area is 107 Å². The first-order valence-electron chi connectivity index (χ1n) is 6.28. The van der Waals surface area contributed by atoms with Gasteiger partial charge in [0.05, 0.1) is 6.04 Å². The van der Waals surface area contributed by atoms with E-state index >= 15 is 0 Å². The minimum absolute atomic E-state index is 0.0419. The number of H-pyrrole nitrogens is 1. The Bertz CT molecular complexity index is 533. The Kier molecular flexibility index (Phi) is 3.99. The lowest BCUT2D eigenvalue weighted by Gasteiger charge is -2.13. The van der Waals surface area contributed by atoms with Gasteiger partial charge in [0.25, 0.3) is 0 Å². The number of hydrogen-bond donors (Lipinski definition) is 3. The average Bonchev–Trinajstić information content (AvgIpc) is 2.83. The second-order valence-electron chi connectivity index (χ2n) is 4.40. The average molecular weight is 245 g/mol. The van der Waals surface area contributed by atoms with Gasteiger partial charge in [0, 0.05) is 24.8 Å². The number of rotatable bonds is 5. The van der Waals surface area contributed by atoms with Gasteiger partial charge in [-0.05, 0) is 43.0 Å². The third kappa shape index (κ3) is 2.90. The van der Waals surface area contributed by atoms with E-state index in [0.29, 0.717) is 13.1 Å². The third-order valence-corrected chi connectivity index (χ3v) is 2.97. The molecular formula is C14H19N3O. The predicted molar refractivity (Wildman–Crippen MR) is 73.3 cm³/mol. The number of nitrogens with one attached hydrogen (secondary N) is 3. The minimum atomic E-state index is -0.174. The lowest BCUT2D eigenvalue weighted by atomic mass is 10.1. The smallest absolute Gasteiger partial charge is 0.236 e. The van der Waals surface area contributed by atoms with Crippen molar-refractivity contribution in [3.63, 3.8) is 0 Å². The number of likely N-dealkylation sites (N-methyl/N-ethyl adjacent to an activating group) is 1. The molecule has 96 valence electrons. The highest BCUT2D eigenvalue weighted by Gasteiger charge is 2.10. The Hall–Kier alpha value is -1.81. The molecule has 0 aliphatic heterocycles. The number of hydrogen-bond acceptors (Lipinski definition) is 2. The fourth-order valence-corrected chi connectivity index (χ4v) is 1.90. The molecule has 0 radical (unpaired) electrons. The summed E-state index contributed by atoms with van der Waals surface area (Å²) in [5.74, 6) is 0.0419. The first-order chi connectivity index (χ1) is 8.70. The number of aromatic amines is 1. The van der Waals surface area contributed by atoms with Crippen molar-refractivity contribution >= 4 is 16.8 Å². The van der Waals surface area contributed by atoms with Crippen molar-refractivity contribution in [2.45, 2.75) is 26.4 Å². The monoisotopic (exact) mass is 245 g/mol. The number of carbonyl (C=O) groups excluding carboxylic acids is 1. The molecular weight excluding hydrogens is 226 g/mol. The molecule has 0 bridgehead atoms. The van der Waals surface area contributed by atoms with Crippen LogP contribution in [0, 0.1) is 0 Å². The molecule has 2 aromatic rings.